The molecule has 0 saturated carbocycles. The SMILES string of the molecule is CCN(C)C(=O)C(C)n1c(N)nc2cc(OC)ccc21. The van der Waals surface area contributed by atoms with Crippen molar-refractivity contribution in [2.24, 2.45) is 0 Å². The maximum atomic E-state index is 12.3. The third-order valence-corrected chi connectivity index (χ3v) is 3.52. The molecule has 1 aromatic carbocycles. The molecule has 6 heteroatoms. The van der Waals surface area contributed by atoms with E-state index in [9.17, 15) is 4.79 Å². The Balaban J connectivity index is 2.48. The maximum absolute atomic E-state index is 12.3. The molecule has 0 saturated heterocycles. The lowest BCUT2D eigenvalue weighted by atomic mass is 10.2. The van der Waals surface area contributed by atoms with E-state index in [-0.39, 0.29) is 5.91 Å². The number of likely N-dealkylation sites (N-methyl/N-ethyl adjacent to an activating group) is 1. The fourth-order valence-electron chi connectivity index (χ4n) is 2.22. The summed E-state index contributed by atoms with van der Waals surface area (Å²) in [6.45, 7) is 4.42. The van der Waals surface area contributed by atoms with Gasteiger partial charge >= 0.3 is 0 Å². The Morgan fingerprint density at radius 2 is 2.25 bits per heavy atom. The van der Waals surface area contributed by atoms with E-state index >= 15 is 0 Å². The molecule has 20 heavy (non-hydrogen) atoms. The molecule has 0 bridgehead atoms. The van der Waals surface area contributed by atoms with Crippen molar-refractivity contribution in [3.63, 3.8) is 0 Å². The zero-order valence-electron chi connectivity index (χ0n) is 12.3. The van der Waals surface area contributed by atoms with Crippen LogP contribution < -0.4 is 10.5 Å². The average Bonchev–Trinajstić information content (AvgIpc) is 2.79. The third-order valence-electron chi connectivity index (χ3n) is 3.52. The van der Waals surface area contributed by atoms with E-state index in [4.69, 9.17) is 10.5 Å². The number of imidazole rings is 1. The smallest absolute Gasteiger partial charge is 0.245 e. The van der Waals surface area contributed by atoms with Gasteiger partial charge in [0, 0.05) is 19.7 Å². The molecule has 1 unspecified atom stereocenters. The maximum Gasteiger partial charge on any atom is 0.245 e. The van der Waals surface area contributed by atoms with Crippen LogP contribution in [-0.4, -0.2) is 41.1 Å². The second kappa shape index (κ2) is 5.40. The first-order valence-corrected chi connectivity index (χ1v) is 6.56. The van der Waals surface area contributed by atoms with Crippen molar-refractivity contribution in [2.75, 3.05) is 26.4 Å². The lowest BCUT2D eigenvalue weighted by molar-refractivity contribution is -0.132. The molecule has 108 valence electrons. The summed E-state index contributed by atoms with van der Waals surface area (Å²) in [6.07, 6.45) is 0. The summed E-state index contributed by atoms with van der Waals surface area (Å²) < 4.78 is 6.92. The molecule has 0 aliphatic rings. The largest absolute Gasteiger partial charge is 0.497 e. The number of anilines is 1. The predicted molar refractivity (Wildman–Crippen MR) is 78.7 cm³/mol. The van der Waals surface area contributed by atoms with Crippen LogP contribution in [0.2, 0.25) is 0 Å². The Hall–Kier alpha value is -2.24. The summed E-state index contributed by atoms with van der Waals surface area (Å²) in [5.41, 5.74) is 7.52. The van der Waals surface area contributed by atoms with E-state index in [1.807, 2.05) is 32.0 Å². The van der Waals surface area contributed by atoms with Crippen LogP contribution in [0.25, 0.3) is 11.0 Å². The minimum Gasteiger partial charge on any atom is -0.497 e. The van der Waals surface area contributed by atoms with Gasteiger partial charge in [-0.05, 0) is 26.0 Å². The molecular formula is C14H20N4O2. The Labute approximate surface area is 118 Å². The molecule has 0 aliphatic carbocycles. The van der Waals surface area contributed by atoms with Crippen molar-refractivity contribution in [1.29, 1.82) is 0 Å². The van der Waals surface area contributed by atoms with Crippen molar-refractivity contribution >= 4 is 22.9 Å². The highest BCUT2D eigenvalue weighted by molar-refractivity contribution is 5.86. The molecule has 1 aromatic heterocycles. The van der Waals surface area contributed by atoms with E-state index in [1.165, 1.54) is 0 Å². The first-order valence-electron chi connectivity index (χ1n) is 6.56. The van der Waals surface area contributed by atoms with Gasteiger partial charge in [0.1, 0.15) is 11.8 Å². The summed E-state index contributed by atoms with van der Waals surface area (Å²) >= 11 is 0. The number of nitrogens with zero attached hydrogens (tertiary/aromatic N) is 3. The minimum absolute atomic E-state index is 0.00863. The molecule has 1 heterocycles. The van der Waals surface area contributed by atoms with Gasteiger partial charge in [-0.15, -0.1) is 0 Å². The Kier molecular flexibility index (Phi) is 3.83. The summed E-state index contributed by atoms with van der Waals surface area (Å²) in [7, 11) is 3.38. The Morgan fingerprint density at radius 1 is 1.55 bits per heavy atom. The monoisotopic (exact) mass is 276 g/mol. The number of nitrogen functional groups attached to an aromatic ring is 1. The van der Waals surface area contributed by atoms with Gasteiger partial charge in [-0.3, -0.25) is 9.36 Å². The van der Waals surface area contributed by atoms with E-state index in [0.29, 0.717) is 18.2 Å². The molecule has 1 amide bonds. The number of hydrogen-bond donors (Lipinski definition) is 1. The topological polar surface area (TPSA) is 73.4 Å². The van der Waals surface area contributed by atoms with Gasteiger partial charge in [0.05, 0.1) is 18.1 Å². The number of fused-ring (bicyclic) bond motifs is 1. The molecule has 2 aromatic rings. The number of carbonyl (C=O) groups is 1. The van der Waals surface area contributed by atoms with Gasteiger partial charge in [-0.1, -0.05) is 0 Å². The van der Waals surface area contributed by atoms with Gasteiger partial charge < -0.3 is 15.4 Å². The fourth-order valence-corrected chi connectivity index (χ4v) is 2.22. The number of amides is 1. The Morgan fingerprint density at radius 3 is 2.85 bits per heavy atom. The number of methoxy groups -OCH3 is 1. The molecule has 0 spiro atoms. The Bertz CT molecular complexity index is 635. The quantitative estimate of drug-likeness (QED) is 0.921. The number of hydrogen-bond acceptors (Lipinski definition) is 4. The van der Waals surface area contributed by atoms with Crippen LogP contribution in [0.4, 0.5) is 5.95 Å². The normalized spacial score (nSPS) is 12.4. The molecule has 2 N–H and O–H groups in total. The van der Waals surface area contributed by atoms with Crippen LogP contribution in [0.3, 0.4) is 0 Å². The van der Waals surface area contributed by atoms with Crippen molar-refractivity contribution in [3.05, 3.63) is 18.2 Å². The number of nitrogens with two attached hydrogens (primary N) is 1. The standard InChI is InChI=1S/C14H20N4O2/c1-5-17(3)13(19)9(2)18-12-7-6-10(20-4)8-11(12)16-14(18)15/h6-9H,5H2,1-4H3,(H2,15,16). The van der Waals surface area contributed by atoms with Crippen LogP contribution in [0, 0.1) is 0 Å². The molecule has 0 radical (unpaired) electrons. The molecule has 0 fully saturated rings. The van der Waals surface area contributed by atoms with E-state index in [1.54, 1.807) is 23.6 Å². The van der Waals surface area contributed by atoms with E-state index in [0.717, 1.165) is 11.0 Å². The number of ether oxygens (including phenoxy) is 1. The van der Waals surface area contributed by atoms with E-state index < -0.39 is 6.04 Å². The van der Waals surface area contributed by atoms with Crippen molar-refractivity contribution in [2.45, 2.75) is 19.9 Å². The molecule has 0 aliphatic heterocycles. The molecule has 2 rings (SSSR count). The number of benzene rings is 1. The number of carbonyl (C=O) groups excluding carboxylic acids is 1. The second-order valence-electron chi connectivity index (χ2n) is 4.72. The third kappa shape index (κ3) is 2.29. The van der Waals surface area contributed by atoms with Gasteiger partial charge in [-0.25, -0.2) is 4.98 Å². The fraction of sp³-hybridized carbons (Fsp3) is 0.429. The summed E-state index contributed by atoms with van der Waals surface area (Å²) in [4.78, 5) is 18.3. The zero-order chi connectivity index (χ0) is 14.9. The summed E-state index contributed by atoms with van der Waals surface area (Å²) in [5, 5.41) is 0. The van der Waals surface area contributed by atoms with Crippen molar-refractivity contribution in [3.8, 4) is 5.75 Å². The second-order valence-corrected chi connectivity index (χ2v) is 4.72. The minimum atomic E-state index is -0.390. The first-order chi connectivity index (χ1) is 9.49. The van der Waals surface area contributed by atoms with Gasteiger partial charge in [0.25, 0.3) is 0 Å². The van der Waals surface area contributed by atoms with Crippen LogP contribution in [-0.2, 0) is 4.79 Å². The van der Waals surface area contributed by atoms with Crippen LogP contribution in [0.5, 0.6) is 5.75 Å². The van der Waals surface area contributed by atoms with Crippen LogP contribution >= 0.6 is 0 Å². The van der Waals surface area contributed by atoms with Crippen molar-refractivity contribution < 1.29 is 9.53 Å². The summed E-state index contributed by atoms with van der Waals surface area (Å²) in [6, 6.07) is 5.12. The van der Waals surface area contributed by atoms with Crippen LogP contribution in [0.1, 0.15) is 19.9 Å². The van der Waals surface area contributed by atoms with Gasteiger partial charge in [0.15, 0.2) is 0 Å². The lowest BCUT2D eigenvalue weighted by Crippen LogP contribution is -2.33. The lowest BCUT2D eigenvalue weighted by Gasteiger charge is -2.21. The molecule has 6 nitrogen and oxygen atoms in total. The highest BCUT2D eigenvalue weighted by Gasteiger charge is 2.22. The van der Waals surface area contributed by atoms with Crippen LogP contribution in [0.15, 0.2) is 18.2 Å². The van der Waals surface area contributed by atoms with Crippen molar-refractivity contribution in [1.82, 2.24) is 14.5 Å². The van der Waals surface area contributed by atoms with Gasteiger partial charge in [-0.2, -0.15) is 0 Å². The van der Waals surface area contributed by atoms with Gasteiger partial charge in [0.2, 0.25) is 11.9 Å². The summed E-state index contributed by atoms with van der Waals surface area (Å²) in [5.74, 6) is 1.06. The zero-order valence-corrected chi connectivity index (χ0v) is 12.3. The molecular weight excluding hydrogens is 256 g/mol. The highest BCUT2D eigenvalue weighted by Crippen LogP contribution is 2.26. The highest BCUT2D eigenvalue weighted by atomic mass is 16.5. The first kappa shape index (κ1) is 14.2. The van der Waals surface area contributed by atoms with E-state index in [2.05, 4.69) is 4.98 Å². The predicted octanol–water partition coefficient (Wildman–Crippen LogP) is 1.67. The average molecular weight is 276 g/mol. The number of rotatable bonds is 4. The molecule has 1 atom stereocenters. The number of aromatic nitrogens is 2.